The summed E-state index contributed by atoms with van der Waals surface area (Å²) in [7, 11) is 0. The van der Waals surface area contributed by atoms with Gasteiger partial charge in [-0.05, 0) is 12.8 Å². The van der Waals surface area contributed by atoms with Crippen molar-refractivity contribution < 1.29 is 0 Å². The van der Waals surface area contributed by atoms with E-state index in [2.05, 4.69) is 12.8 Å². The number of hydrogen-bond acceptors (Lipinski definition) is 0. The summed E-state index contributed by atoms with van der Waals surface area (Å²) in [5, 5.41) is 0. The largest absolute Gasteiger partial charge is 0.0891 e. The maximum Gasteiger partial charge on any atom is 0.00989 e. The molecule has 0 heterocycles. The summed E-state index contributed by atoms with van der Waals surface area (Å²) < 4.78 is 0. The van der Waals surface area contributed by atoms with Crippen molar-refractivity contribution in [3.05, 3.63) is 6.42 Å². The van der Waals surface area contributed by atoms with Crippen molar-refractivity contribution in [1.82, 2.24) is 0 Å². The molecule has 0 spiro atoms. The molecule has 0 atom stereocenters. The first-order valence-corrected chi connectivity index (χ1v) is 8.31. The Hall–Kier alpha value is -0.440. The van der Waals surface area contributed by atoms with E-state index >= 15 is 0 Å². The van der Waals surface area contributed by atoms with Crippen LogP contribution in [0.2, 0.25) is 0 Å². The fourth-order valence-corrected chi connectivity index (χ4v) is 2.41. The fraction of sp³-hybridized carbons (Fsp3) is 0.889. The maximum absolute atomic E-state index is 6.82. The lowest BCUT2D eigenvalue weighted by atomic mass is 10.0. The molecule has 0 bridgehead atoms. The molecule has 0 aromatic carbocycles. The van der Waals surface area contributed by atoms with Gasteiger partial charge in [-0.1, -0.05) is 96.3 Å². The minimum atomic E-state index is 0.859. The lowest BCUT2D eigenvalue weighted by Gasteiger charge is -2.02. The van der Waals surface area contributed by atoms with E-state index in [9.17, 15) is 0 Å². The molecule has 0 aliphatic heterocycles. The Morgan fingerprint density at radius 2 is 0.889 bits per heavy atom. The van der Waals surface area contributed by atoms with Gasteiger partial charge in [0.1, 0.15) is 0 Å². The molecule has 0 saturated heterocycles. The highest BCUT2D eigenvalue weighted by atomic mass is 14.0. The molecular weight excluding hydrogens is 216 g/mol. The van der Waals surface area contributed by atoms with Crippen LogP contribution >= 0.6 is 0 Å². The third-order valence-electron chi connectivity index (χ3n) is 3.66. The maximum atomic E-state index is 6.82. The molecule has 1 radical (unpaired) electrons. The molecule has 0 heteroatoms. The van der Waals surface area contributed by atoms with Crippen molar-refractivity contribution in [2.24, 2.45) is 0 Å². The van der Waals surface area contributed by atoms with Crippen molar-refractivity contribution in [2.45, 2.75) is 103 Å². The van der Waals surface area contributed by atoms with E-state index in [0.717, 1.165) is 6.42 Å². The van der Waals surface area contributed by atoms with Crippen LogP contribution in [0.5, 0.6) is 0 Å². The summed E-state index contributed by atoms with van der Waals surface area (Å²) in [6, 6.07) is 0. The van der Waals surface area contributed by atoms with Gasteiger partial charge in [0, 0.05) is 6.42 Å². The molecule has 0 amide bonds. The highest BCUT2D eigenvalue weighted by Crippen LogP contribution is 2.13. The van der Waals surface area contributed by atoms with Gasteiger partial charge >= 0.3 is 0 Å². The summed E-state index contributed by atoms with van der Waals surface area (Å²) in [5.41, 5.74) is 0. The molecule has 18 heavy (non-hydrogen) atoms. The highest BCUT2D eigenvalue weighted by molar-refractivity contribution is 4.74. The van der Waals surface area contributed by atoms with Gasteiger partial charge in [0.2, 0.25) is 0 Å². The monoisotopic (exact) mass is 249 g/mol. The average molecular weight is 249 g/mol. The molecule has 0 unspecified atom stereocenters. The summed E-state index contributed by atoms with van der Waals surface area (Å²) in [6.07, 6.45) is 27.3. The molecular formula is C18H33. The quantitative estimate of drug-likeness (QED) is 0.245. The second-order valence-corrected chi connectivity index (χ2v) is 5.52. The van der Waals surface area contributed by atoms with Crippen molar-refractivity contribution in [1.29, 1.82) is 0 Å². The Labute approximate surface area is 116 Å². The van der Waals surface area contributed by atoms with E-state index in [1.54, 1.807) is 0 Å². The molecule has 0 nitrogen and oxygen atoms in total. The van der Waals surface area contributed by atoms with Gasteiger partial charge in [0.25, 0.3) is 0 Å². The first kappa shape index (κ1) is 17.6. The molecule has 0 aliphatic carbocycles. The van der Waals surface area contributed by atoms with Crippen molar-refractivity contribution >= 4 is 0 Å². The van der Waals surface area contributed by atoms with Crippen molar-refractivity contribution in [2.75, 3.05) is 0 Å². The second kappa shape index (κ2) is 16.6. The Morgan fingerprint density at radius 1 is 0.556 bits per heavy atom. The molecule has 0 N–H and O–H groups in total. The van der Waals surface area contributed by atoms with Gasteiger partial charge in [-0.2, -0.15) is 0 Å². The summed E-state index contributed by atoms with van der Waals surface area (Å²) >= 11 is 0. The van der Waals surface area contributed by atoms with E-state index < -0.39 is 0 Å². The normalized spacial score (nSPS) is 10.4. The van der Waals surface area contributed by atoms with Crippen LogP contribution in [-0.4, -0.2) is 0 Å². The van der Waals surface area contributed by atoms with Gasteiger partial charge in [-0.25, -0.2) is 0 Å². The van der Waals surface area contributed by atoms with Gasteiger partial charge in [0.05, 0.1) is 0 Å². The molecule has 0 fully saturated rings. The molecule has 0 saturated carbocycles. The van der Waals surface area contributed by atoms with Gasteiger partial charge in [0.15, 0.2) is 0 Å². The number of rotatable bonds is 14. The van der Waals surface area contributed by atoms with Crippen LogP contribution in [-0.2, 0) is 0 Å². The van der Waals surface area contributed by atoms with Crippen LogP contribution in [0.1, 0.15) is 103 Å². The van der Waals surface area contributed by atoms with Crippen LogP contribution in [0.25, 0.3) is 0 Å². The van der Waals surface area contributed by atoms with Gasteiger partial charge < -0.3 is 0 Å². The van der Waals surface area contributed by atoms with Gasteiger partial charge in [-0.3, -0.25) is 0 Å². The fourth-order valence-electron chi connectivity index (χ4n) is 2.41. The SMILES string of the molecule is [C]#CCCCCCCCCCCCCCCCC. The third-order valence-corrected chi connectivity index (χ3v) is 3.66. The lowest BCUT2D eigenvalue weighted by molar-refractivity contribution is 0.536. The predicted molar refractivity (Wildman–Crippen MR) is 82.1 cm³/mol. The van der Waals surface area contributed by atoms with Crippen LogP contribution < -0.4 is 0 Å². The summed E-state index contributed by atoms with van der Waals surface area (Å²) in [6.45, 7) is 2.28. The minimum absolute atomic E-state index is 0.859. The molecule has 0 aliphatic rings. The predicted octanol–water partition coefficient (Wildman–Crippen LogP) is 6.45. The zero-order valence-electron chi connectivity index (χ0n) is 12.6. The zero-order chi connectivity index (χ0) is 13.3. The Bertz CT molecular complexity index is 175. The topological polar surface area (TPSA) is 0 Å². The molecule has 0 aromatic rings. The van der Waals surface area contributed by atoms with E-state index in [1.165, 1.54) is 89.9 Å². The average Bonchev–Trinajstić information content (AvgIpc) is 2.39. The van der Waals surface area contributed by atoms with Crippen LogP contribution in [0.3, 0.4) is 0 Å². The molecule has 0 rings (SSSR count). The van der Waals surface area contributed by atoms with E-state index in [-0.39, 0.29) is 0 Å². The van der Waals surface area contributed by atoms with Crippen LogP contribution in [0.4, 0.5) is 0 Å². The molecule has 105 valence electrons. The van der Waals surface area contributed by atoms with Crippen LogP contribution in [0, 0.1) is 12.3 Å². The first-order chi connectivity index (χ1) is 8.91. The Morgan fingerprint density at radius 3 is 1.22 bits per heavy atom. The van der Waals surface area contributed by atoms with Gasteiger partial charge in [-0.15, -0.1) is 0 Å². The Kier molecular flexibility index (Phi) is 16.2. The van der Waals surface area contributed by atoms with Crippen LogP contribution in [0.15, 0.2) is 0 Å². The minimum Gasteiger partial charge on any atom is -0.0891 e. The Balaban J connectivity index is 2.89. The van der Waals surface area contributed by atoms with Crippen molar-refractivity contribution in [3.63, 3.8) is 0 Å². The first-order valence-electron chi connectivity index (χ1n) is 8.31. The van der Waals surface area contributed by atoms with E-state index in [1.807, 2.05) is 0 Å². The standard InChI is InChI=1S/C18H33/c1-3-5-7-9-11-13-15-17-18-16-14-12-10-8-6-4-2/h3,5-18H2,1H3. The third kappa shape index (κ3) is 15.6. The summed E-state index contributed by atoms with van der Waals surface area (Å²) in [5.74, 6) is 2.46. The number of unbranched alkanes of at least 4 members (excludes halogenated alkanes) is 14. The second-order valence-electron chi connectivity index (χ2n) is 5.52. The van der Waals surface area contributed by atoms with E-state index in [0.29, 0.717) is 0 Å². The lowest BCUT2D eigenvalue weighted by Crippen LogP contribution is -1.83. The van der Waals surface area contributed by atoms with Crippen molar-refractivity contribution in [3.8, 4) is 5.92 Å². The number of hydrogen-bond donors (Lipinski definition) is 0. The zero-order valence-corrected chi connectivity index (χ0v) is 12.6. The summed E-state index contributed by atoms with van der Waals surface area (Å²) in [4.78, 5) is 0. The van der Waals surface area contributed by atoms with E-state index in [4.69, 9.17) is 6.42 Å². The smallest absolute Gasteiger partial charge is 0.00989 e. The highest BCUT2D eigenvalue weighted by Gasteiger charge is 1.93. The molecule has 0 aromatic heterocycles.